The van der Waals surface area contributed by atoms with Gasteiger partial charge in [0.1, 0.15) is 5.75 Å². The lowest BCUT2D eigenvalue weighted by Crippen LogP contribution is -2.47. The van der Waals surface area contributed by atoms with E-state index in [1.165, 1.54) is 27.8 Å². The fourth-order valence-electron chi connectivity index (χ4n) is 5.73. The summed E-state index contributed by atoms with van der Waals surface area (Å²) in [5, 5.41) is 0. The van der Waals surface area contributed by atoms with E-state index in [9.17, 15) is 4.79 Å². The molecule has 0 N–H and O–H groups in total. The molecule has 1 amide bonds. The summed E-state index contributed by atoms with van der Waals surface area (Å²) in [5.41, 5.74) is 7.97. The first-order valence-electron chi connectivity index (χ1n) is 16.9. The lowest BCUT2D eigenvalue weighted by molar-refractivity contribution is -0.130. The van der Waals surface area contributed by atoms with Gasteiger partial charge in [-0.3, -0.25) is 9.69 Å². The van der Waals surface area contributed by atoms with Gasteiger partial charge in [-0.1, -0.05) is 102 Å². The third-order valence-electron chi connectivity index (χ3n) is 8.67. The van der Waals surface area contributed by atoms with Crippen LogP contribution in [0.5, 0.6) is 5.75 Å². The third-order valence-corrected chi connectivity index (χ3v) is 8.67. The highest BCUT2D eigenvalue weighted by Crippen LogP contribution is 2.36. The molecule has 0 spiro atoms. The van der Waals surface area contributed by atoms with Crippen molar-refractivity contribution in [3.8, 4) is 5.75 Å². The lowest BCUT2D eigenvalue weighted by atomic mass is 9.93. The van der Waals surface area contributed by atoms with Crippen molar-refractivity contribution in [2.75, 3.05) is 33.3 Å². The van der Waals surface area contributed by atoms with Gasteiger partial charge in [-0.05, 0) is 67.5 Å². The molecule has 5 heteroatoms. The van der Waals surface area contributed by atoms with Crippen LogP contribution >= 0.6 is 0 Å². The van der Waals surface area contributed by atoms with Crippen LogP contribution < -0.4 is 4.74 Å². The Morgan fingerprint density at radius 3 is 2.00 bits per heavy atom. The highest BCUT2D eigenvalue weighted by atomic mass is 16.5. The fourth-order valence-corrected chi connectivity index (χ4v) is 5.73. The second-order valence-electron chi connectivity index (χ2n) is 11.7. The third kappa shape index (κ3) is 10.8. The van der Waals surface area contributed by atoms with Crippen molar-refractivity contribution in [3.63, 3.8) is 0 Å². The van der Waals surface area contributed by atoms with Gasteiger partial charge >= 0.3 is 0 Å². The van der Waals surface area contributed by atoms with Crippen LogP contribution in [0.15, 0.2) is 79.4 Å². The van der Waals surface area contributed by atoms with Gasteiger partial charge in [-0.25, -0.2) is 0 Å². The van der Waals surface area contributed by atoms with Crippen molar-refractivity contribution in [2.24, 2.45) is 0 Å². The second kappa shape index (κ2) is 19.1. The summed E-state index contributed by atoms with van der Waals surface area (Å²) in [5.74, 6) is 1.08. The van der Waals surface area contributed by atoms with E-state index in [2.05, 4.69) is 97.8 Å². The smallest absolute Gasteiger partial charge is 0.219 e. The average Bonchev–Trinajstić information content (AvgIpc) is 3.56. The molecule has 0 aliphatic carbocycles. The molecule has 5 rings (SSSR count). The number of hydrogen-bond donors (Lipinski definition) is 0. The van der Waals surface area contributed by atoms with Crippen LogP contribution in [0, 0.1) is 0 Å². The Labute approximate surface area is 274 Å². The molecule has 0 aromatic heterocycles. The molecule has 0 unspecified atom stereocenters. The van der Waals surface area contributed by atoms with E-state index in [1.807, 2.05) is 44.7 Å². The zero-order chi connectivity index (χ0) is 33.4. The number of aryl methyl sites for hydroxylation is 2. The Hall–Kier alpha value is -3.57. The second-order valence-corrected chi connectivity index (χ2v) is 11.7. The molecule has 5 nitrogen and oxygen atoms in total. The predicted molar refractivity (Wildman–Crippen MR) is 192 cm³/mol. The number of hydrogen-bond acceptors (Lipinski definition) is 4. The van der Waals surface area contributed by atoms with E-state index in [0.29, 0.717) is 0 Å². The van der Waals surface area contributed by atoms with Crippen molar-refractivity contribution >= 4 is 11.6 Å². The molecule has 0 bridgehead atoms. The molecular weight excluding hydrogens is 554 g/mol. The Morgan fingerprint density at radius 2 is 1.42 bits per heavy atom. The number of methoxy groups -OCH3 is 1. The Balaban J connectivity index is 0.000000500. The minimum Gasteiger partial charge on any atom is -0.497 e. The van der Waals surface area contributed by atoms with Crippen molar-refractivity contribution in [1.29, 1.82) is 0 Å². The fraction of sp³-hybridized carbons (Fsp3) is 0.475. The van der Waals surface area contributed by atoms with Gasteiger partial charge in [-0.2, -0.15) is 0 Å². The van der Waals surface area contributed by atoms with Crippen molar-refractivity contribution in [3.05, 3.63) is 107 Å². The van der Waals surface area contributed by atoms with Crippen LogP contribution in [-0.4, -0.2) is 59.4 Å². The van der Waals surface area contributed by atoms with Gasteiger partial charge < -0.3 is 14.5 Å². The number of ether oxygens (including phenoxy) is 1. The summed E-state index contributed by atoms with van der Waals surface area (Å²) in [7, 11) is 1.72. The molecule has 2 heterocycles. The summed E-state index contributed by atoms with van der Waals surface area (Å²) >= 11 is 0. The summed E-state index contributed by atoms with van der Waals surface area (Å²) in [6.45, 7) is 26.1. The number of carbonyl (C=O) groups excluding carboxylic acids is 1. The van der Waals surface area contributed by atoms with E-state index in [-0.39, 0.29) is 11.4 Å². The van der Waals surface area contributed by atoms with Crippen molar-refractivity contribution < 1.29 is 9.53 Å². The van der Waals surface area contributed by atoms with Crippen LogP contribution in [-0.2, 0) is 30.7 Å². The Kier molecular flexibility index (Phi) is 15.9. The normalized spacial score (nSPS) is 14.1. The van der Waals surface area contributed by atoms with Gasteiger partial charge in [0, 0.05) is 63.0 Å². The van der Waals surface area contributed by atoms with Crippen molar-refractivity contribution in [2.45, 2.75) is 93.3 Å². The molecule has 3 aromatic rings. The molecule has 0 atom stereocenters. The standard InChI is InChI=1S/C28H37N3O2.C8H10.2C2H6/c1-21(29-14-16-30(17-15-29)22(2)32)26-11-7-9-24-19-31(20-27(24)26)28(3,4)13-12-23-8-6-10-25(18-23)33-5;1-2-8-6-4-3-5-7-8;2*1-2/h6-11,18H,1,12-17,19-20H2,2-5H3;3-7H,2H2,1H3;2*1-2H3. The molecule has 2 aliphatic heterocycles. The predicted octanol–water partition coefficient (Wildman–Crippen LogP) is 8.86. The molecule has 1 fully saturated rings. The highest BCUT2D eigenvalue weighted by Gasteiger charge is 2.33. The van der Waals surface area contributed by atoms with Gasteiger partial charge in [0.2, 0.25) is 5.91 Å². The van der Waals surface area contributed by atoms with Crippen LogP contribution in [0.25, 0.3) is 5.70 Å². The van der Waals surface area contributed by atoms with Crippen LogP contribution in [0.1, 0.15) is 89.6 Å². The number of piperazine rings is 1. The maximum absolute atomic E-state index is 11.7. The highest BCUT2D eigenvalue weighted by molar-refractivity contribution is 5.73. The van der Waals surface area contributed by atoms with Crippen LogP contribution in [0.3, 0.4) is 0 Å². The summed E-state index contributed by atoms with van der Waals surface area (Å²) in [6.07, 6.45) is 3.25. The number of benzene rings is 3. The monoisotopic (exact) mass is 613 g/mol. The van der Waals surface area contributed by atoms with E-state index >= 15 is 0 Å². The molecule has 0 saturated carbocycles. The van der Waals surface area contributed by atoms with Crippen LogP contribution in [0.4, 0.5) is 0 Å². The van der Waals surface area contributed by atoms with E-state index in [4.69, 9.17) is 4.74 Å². The number of carbonyl (C=O) groups is 1. The van der Waals surface area contributed by atoms with Crippen LogP contribution in [0.2, 0.25) is 0 Å². The number of fused-ring (bicyclic) bond motifs is 1. The minimum absolute atomic E-state index is 0.0772. The minimum atomic E-state index is 0.0772. The van der Waals surface area contributed by atoms with E-state index in [0.717, 1.165) is 70.0 Å². The number of amides is 1. The molecule has 2 aliphatic rings. The maximum atomic E-state index is 11.7. The molecule has 3 aromatic carbocycles. The zero-order valence-electron chi connectivity index (χ0n) is 29.7. The first-order chi connectivity index (χ1) is 21.7. The number of nitrogens with zero attached hydrogens (tertiary/aromatic N) is 3. The maximum Gasteiger partial charge on any atom is 0.219 e. The Morgan fingerprint density at radius 1 is 0.822 bits per heavy atom. The Bertz CT molecular complexity index is 1310. The van der Waals surface area contributed by atoms with Gasteiger partial charge in [0.15, 0.2) is 0 Å². The van der Waals surface area contributed by atoms with Gasteiger partial charge in [0.25, 0.3) is 0 Å². The lowest BCUT2D eigenvalue weighted by Gasteiger charge is -2.37. The number of rotatable bonds is 8. The summed E-state index contributed by atoms with van der Waals surface area (Å²) < 4.78 is 5.39. The molecule has 0 radical (unpaired) electrons. The van der Waals surface area contributed by atoms with E-state index < -0.39 is 0 Å². The summed E-state index contributed by atoms with van der Waals surface area (Å²) in [6, 6.07) is 25.5. The van der Waals surface area contributed by atoms with Gasteiger partial charge in [0.05, 0.1) is 7.11 Å². The topological polar surface area (TPSA) is 36.0 Å². The quantitative estimate of drug-likeness (QED) is 0.254. The molecular formula is C40H59N3O2. The van der Waals surface area contributed by atoms with Gasteiger partial charge in [-0.15, -0.1) is 0 Å². The SMILES string of the molecule is C=C(c1cccc2c1CN(C(C)(C)CCc1cccc(OC)c1)C2)N1CCN(C(C)=O)CC1.CC.CC.CCc1ccccc1. The zero-order valence-corrected chi connectivity index (χ0v) is 29.7. The first kappa shape index (κ1) is 37.6. The van der Waals surface area contributed by atoms with E-state index in [1.54, 1.807) is 14.0 Å². The first-order valence-corrected chi connectivity index (χ1v) is 16.9. The largest absolute Gasteiger partial charge is 0.497 e. The summed E-state index contributed by atoms with van der Waals surface area (Å²) in [4.78, 5) is 18.5. The molecule has 45 heavy (non-hydrogen) atoms. The average molecular weight is 614 g/mol. The van der Waals surface area contributed by atoms with Crippen molar-refractivity contribution in [1.82, 2.24) is 14.7 Å². The molecule has 246 valence electrons. The molecule has 1 saturated heterocycles.